The lowest BCUT2D eigenvalue weighted by atomic mass is 10.0. The molecule has 0 radical (unpaired) electrons. The minimum atomic E-state index is -0.464. The molecule has 2 aromatic rings. The van der Waals surface area contributed by atoms with Gasteiger partial charge in [-0.25, -0.2) is 9.18 Å². The minimum Gasteiger partial charge on any atom is -0.444 e. The van der Waals surface area contributed by atoms with Gasteiger partial charge in [0.05, 0.1) is 11.9 Å². The number of fused-ring (bicyclic) bond motifs is 1. The average molecular weight is 410 g/mol. The van der Waals surface area contributed by atoms with Crippen LogP contribution in [0.4, 0.5) is 14.9 Å². The summed E-state index contributed by atoms with van der Waals surface area (Å²) >= 11 is 0. The van der Waals surface area contributed by atoms with Gasteiger partial charge in [0.15, 0.2) is 0 Å². The molecular formula is C24H28FN3O2. The Morgan fingerprint density at radius 2 is 1.67 bits per heavy atom. The molecule has 0 saturated carbocycles. The zero-order valence-corrected chi connectivity index (χ0v) is 17.7. The monoisotopic (exact) mass is 409 g/mol. The first-order chi connectivity index (χ1) is 14.3. The maximum atomic E-state index is 13.0. The molecule has 0 aliphatic carbocycles. The lowest BCUT2D eigenvalue weighted by Crippen LogP contribution is -2.37. The third-order valence-corrected chi connectivity index (χ3v) is 5.59. The highest BCUT2D eigenvalue weighted by molar-refractivity contribution is 5.71. The van der Waals surface area contributed by atoms with Gasteiger partial charge in [-0.2, -0.15) is 0 Å². The standard InChI is InChI=1S/C24H28FN3O2/c1-24(2,3)30-23(29)28-15-19-13-27(14-20(19)16-28)22-10-18(11-26-12-22)5-4-17-6-8-21(25)9-7-17/h4-12,19-20H,13-16H2,1-3H3/t19-,20+. The maximum Gasteiger partial charge on any atom is 0.410 e. The van der Waals surface area contributed by atoms with Gasteiger partial charge < -0.3 is 14.5 Å². The number of anilines is 1. The molecule has 2 aliphatic heterocycles. The lowest BCUT2D eigenvalue weighted by Gasteiger charge is -2.26. The van der Waals surface area contributed by atoms with E-state index >= 15 is 0 Å². The first-order valence-corrected chi connectivity index (χ1v) is 10.4. The number of likely N-dealkylation sites (tertiary alicyclic amines) is 1. The van der Waals surface area contributed by atoms with Gasteiger partial charge in [0.25, 0.3) is 0 Å². The minimum absolute atomic E-state index is 0.210. The molecule has 0 N–H and O–H groups in total. The van der Waals surface area contributed by atoms with Crippen LogP contribution in [0.1, 0.15) is 31.9 Å². The highest BCUT2D eigenvalue weighted by atomic mass is 19.1. The number of pyridine rings is 1. The van der Waals surface area contributed by atoms with Crippen LogP contribution in [0.25, 0.3) is 12.2 Å². The van der Waals surface area contributed by atoms with E-state index in [2.05, 4.69) is 16.0 Å². The number of ether oxygens (including phenoxy) is 1. The fourth-order valence-electron chi connectivity index (χ4n) is 4.15. The summed E-state index contributed by atoms with van der Waals surface area (Å²) in [4.78, 5) is 20.9. The van der Waals surface area contributed by atoms with Crippen molar-refractivity contribution in [3.63, 3.8) is 0 Å². The van der Waals surface area contributed by atoms with Gasteiger partial charge in [0.1, 0.15) is 11.4 Å². The SMILES string of the molecule is CC(C)(C)OC(=O)N1C[C@@H]2CN(c3cncc(C=Cc4ccc(F)cc4)c3)C[C@@H]2C1. The van der Waals surface area contributed by atoms with Crippen LogP contribution in [0, 0.1) is 17.7 Å². The van der Waals surface area contributed by atoms with E-state index in [0.29, 0.717) is 11.8 Å². The number of nitrogens with zero attached hydrogens (tertiary/aromatic N) is 3. The molecule has 6 heteroatoms. The number of hydrogen-bond donors (Lipinski definition) is 0. The van der Waals surface area contributed by atoms with E-state index in [4.69, 9.17) is 4.74 Å². The molecule has 4 rings (SSSR count). The second-order valence-electron chi connectivity index (χ2n) is 9.17. The van der Waals surface area contributed by atoms with Gasteiger partial charge in [0.2, 0.25) is 0 Å². The highest BCUT2D eigenvalue weighted by Crippen LogP contribution is 2.34. The molecule has 1 amide bonds. The predicted octanol–water partition coefficient (Wildman–Crippen LogP) is 4.69. The summed E-state index contributed by atoms with van der Waals surface area (Å²) in [6, 6.07) is 8.54. The Balaban J connectivity index is 1.37. The van der Waals surface area contributed by atoms with Gasteiger partial charge in [-0.3, -0.25) is 4.98 Å². The maximum absolute atomic E-state index is 13.0. The third kappa shape index (κ3) is 4.81. The highest BCUT2D eigenvalue weighted by Gasteiger charge is 2.42. The van der Waals surface area contributed by atoms with Crippen LogP contribution in [0.15, 0.2) is 42.7 Å². The van der Waals surface area contributed by atoms with Gasteiger partial charge in [-0.15, -0.1) is 0 Å². The van der Waals surface area contributed by atoms with Crippen LogP contribution in [0.2, 0.25) is 0 Å². The largest absolute Gasteiger partial charge is 0.444 e. The van der Waals surface area contributed by atoms with Crippen molar-refractivity contribution < 1.29 is 13.9 Å². The fourth-order valence-corrected chi connectivity index (χ4v) is 4.15. The Bertz CT molecular complexity index is 922. The Morgan fingerprint density at radius 3 is 2.30 bits per heavy atom. The normalized spacial score (nSPS) is 21.3. The first kappa shape index (κ1) is 20.4. The van der Waals surface area contributed by atoms with Crippen molar-refractivity contribution in [2.75, 3.05) is 31.1 Å². The molecule has 1 aromatic heterocycles. The van der Waals surface area contributed by atoms with Gasteiger partial charge in [-0.05, 0) is 50.1 Å². The Morgan fingerprint density at radius 1 is 1.03 bits per heavy atom. The summed E-state index contributed by atoms with van der Waals surface area (Å²) in [5.74, 6) is 0.674. The number of carbonyl (C=O) groups is 1. The van der Waals surface area contributed by atoms with Gasteiger partial charge in [-0.1, -0.05) is 24.3 Å². The van der Waals surface area contributed by atoms with E-state index in [1.165, 1.54) is 12.1 Å². The van der Waals surface area contributed by atoms with Crippen LogP contribution >= 0.6 is 0 Å². The number of carbonyl (C=O) groups excluding carboxylic acids is 1. The Kier molecular flexibility index (Phi) is 5.50. The van der Waals surface area contributed by atoms with E-state index in [0.717, 1.165) is 43.0 Å². The molecule has 2 saturated heterocycles. The van der Waals surface area contributed by atoms with Crippen LogP contribution in [0.5, 0.6) is 0 Å². The van der Waals surface area contributed by atoms with Crippen LogP contribution in [0.3, 0.4) is 0 Å². The zero-order valence-electron chi connectivity index (χ0n) is 17.7. The number of rotatable bonds is 3. The number of benzene rings is 1. The first-order valence-electron chi connectivity index (χ1n) is 10.4. The van der Waals surface area contributed by atoms with Gasteiger partial charge >= 0.3 is 6.09 Å². The van der Waals surface area contributed by atoms with Crippen LogP contribution in [-0.2, 0) is 4.74 Å². The summed E-state index contributed by atoms with van der Waals surface area (Å²) < 4.78 is 18.6. The smallest absolute Gasteiger partial charge is 0.410 e. The summed E-state index contributed by atoms with van der Waals surface area (Å²) in [7, 11) is 0. The molecule has 2 fully saturated rings. The lowest BCUT2D eigenvalue weighted by molar-refractivity contribution is 0.0282. The van der Waals surface area contributed by atoms with Crippen molar-refractivity contribution in [1.82, 2.24) is 9.88 Å². The molecule has 3 heterocycles. The van der Waals surface area contributed by atoms with E-state index in [1.807, 2.05) is 50.2 Å². The number of aromatic nitrogens is 1. The topological polar surface area (TPSA) is 45.7 Å². The van der Waals surface area contributed by atoms with Crippen molar-refractivity contribution in [3.8, 4) is 0 Å². The summed E-state index contributed by atoms with van der Waals surface area (Å²) in [6.45, 7) is 9.00. The second kappa shape index (κ2) is 8.09. The molecular weight excluding hydrogens is 381 g/mol. The molecule has 0 spiro atoms. The van der Waals surface area contributed by atoms with Crippen LogP contribution < -0.4 is 4.90 Å². The Labute approximate surface area is 177 Å². The second-order valence-corrected chi connectivity index (χ2v) is 9.17. The third-order valence-electron chi connectivity index (χ3n) is 5.59. The van der Waals surface area contributed by atoms with Gasteiger partial charge in [0, 0.05) is 44.2 Å². The molecule has 5 nitrogen and oxygen atoms in total. The molecule has 158 valence electrons. The molecule has 1 aromatic carbocycles. The van der Waals surface area contributed by atoms with E-state index in [9.17, 15) is 9.18 Å². The Hall–Kier alpha value is -2.89. The van der Waals surface area contributed by atoms with Crippen molar-refractivity contribution >= 4 is 23.9 Å². The molecule has 2 aliphatic rings. The fraction of sp³-hybridized carbons (Fsp3) is 0.417. The molecule has 0 unspecified atom stereocenters. The summed E-state index contributed by atoms with van der Waals surface area (Å²) in [6.07, 6.45) is 7.45. The number of amides is 1. The van der Waals surface area contributed by atoms with Crippen LogP contribution in [-0.4, -0.2) is 47.8 Å². The molecule has 30 heavy (non-hydrogen) atoms. The summed E-state index contributed by atoms with van der Waals surface area (Å²) in [5.41, 5.74) is 2.58. The quantitative estimate of drug-likeness (QED) is 0.738. The van der Waals surface area contributed by atoms with E-state index in [1.54, 1.807) is 12.1 Å². The molecule has 2 atom stereocenters. The van der Waals surface area contributed by atoms with E-state index < -0.39 is 5.60 Å². The van der Waals surface area contributed by atoms with Crippen molar-refractivity contribution in [1.29, 1.82) is 0 Å². The predicted molar refractivity (Wildman–Crippen MR) is 117 cm³/mol. The van der Waals surface area contributed by atoms with Crippen molar-refractivity contribution in [2.24, 2.45) is 11.8 Å². The van der Waals surface area contributed by atoms with E-state index in [-0.39, 0.29) is 11.9 Å². The van der Waals surface area contributed by atoms with Crippen molar-refractivity contribution in [3.05, 3.63) is 59.7 Å². The molecule has 0 bridgehead atoms. The number of halogens is 1. The van der Waals surface area contributed by atoms with Crippen molar-refractivity contribution in [2.45, 2.75) is 26.4 Å². The number of hydrogen-bond acceptors (Lipinski definition) is 4. The zero-order chi connectivity index (χ0) is 21.3. The average Bonchev–Trinajstić information content (AvgIpc) is 3.26. The summed E-state index contributed by atoms with van der Waals surface area (Å²) in [5, 5.41) is 0.